The zero-order chi connectivity index (χ0) is 12.7. The van der Waals surface area contributed by atoms with Gasteiger partial charge in [-0.2, -0.15) is 0 Å². The summed E-state index contributed by atoms with van der Waals surface area (Å²) in [7, 11) is 1.39. The molecule has 0 rings (SSSR count). The Morgan fingerprint density at radius 3 is 2.12 bits per heavy atom. The summed E-state index contributed by atoms with van der Waals surface area (Å²) in [6.07, 6.45) is 0.569. The molecule has 0 bridgehead atoms. The number of hydrogen-bond donors (Lipinski definition) is 2. The van der Waals surface area contributed by atoms with Crippen LogP contribution in [0.5, 0.6) is 0 Å². The monoisotopic (exact) mass is 231 g/mol. The Bertz CT molecular complexity index is 276. The van der Waals surface area contributed by atoms with E-state index in [9.17, 15) is 14.4 Å². The van der Waals surface area contributed by atoms with E-state index in [0.717, 1.165) is 4.90 Å². The molecule has 92 valence electrons. The van der Waals surface area contributed by atoms with Gasteiger partial charge in [0.25, 0.3) is 0 Å². The minimum atomic E-state index is -1.17. The lowest BCUT2D eigenvalue weighted by atomic mass is 10.1. The van der Waals surface area contributed by atoms with Crippen LogP contribution >= 0.6 is 0 Å². The zero-order valence-electron chi connectivity index (χ0n) is 9.47. The SMILES string of the molecule is CCCC(=O)N(C)C(CCC(=O)O)C(=O)O. The van der Waals surface area contributed by atoms with E-state index in [1.54, 1.807) is 0 Å². The molecule has 1 amide bonds. The number of rotatable bonds is 7. The summed E-state index contributed by atoms with van der Waals surface area (Å²) < 4.78 is 0. The van der Waals surface area contributed by atoms with Gasteiger partial charge in [-0.25, -0.2) is 4.79 Å². The third kappa shape index (κ3) is 4.77. The number of amides is 1. The first kappa shape index (κ1) is 14.4. The molecule has 6 heteroatoms. The number of carboxylic acid groups (broad SMARTS) is 2. The Morgan fingerprint density at radius 2 is 1.75 bits per heavy atom. The molecule has 6 nitrogen and oxygen atoms in total. The van der Waals surface area contributed by atoms with Crippen LogP contribution in [0, 0.1) is 0 Å². The van der Waals surface area contributed by atoms with Gasteiger partial charge >= 0.3 is 11.9 Å². The number of carbonyl (C=O) groups excluding carboxylic acids is 1. The van der Waals surface area contributed by atoms with Crippen LogP contribution < -0.4 is 0 Å². The van der Waals surface area contributed by atoms with Crippen molar-refractivity contribution in [1.82, 2.24) is 4.90 Å². The Morgan fingerprint density at radius 1 is 1.19 bits per heavy atom. The average molecular weight is 231 g/mol. The quantitative estimate of drug-likeness (QED) is 0.667. The Hall–Kier alpha value is -1.59. The summed E-state index contributed by atoms with van der Waals surface area (Å²) in [5, 5.41) is 17.4. The Labute approximate surface area is 93.9 Å². The van der Waals surface area contributed by atoms with Gasteiger partial charge in [0.2, 0.25) is 5.91 Å². The second-order valence-electron chi connectivity index (χ2n) is 3.54. The standard InChI is InChI=1S/C10H17NO5/c1-3-4-8(12)11(2)7(10(15)16)5-6-9(13)14/h7H,3-6H2,1-2H3,(H,13,14)(H,15,16). The molecule has 0 heterocycles. The smallest absolute Gasteiger partial charge is 0.326 e. The van der Waals surface area contributed by atoms with Gasteiger partial charge in [0.05, 0.1) is 0 Å². The molecule has 0 spiro atoms. The van der Waals surface area contributed by atoms with E-state index in [0.29, 0.717) is 6.42 Å². The number of nitrogens with zero attached hydrogens (tertiary/aromatic N) is 1. The van der Waals surface area contributed by atoms with Crippen LogP contribution in [0.25, 0.3) is 0 Å². The van der Waals surface area contributed by atoms with Gasteiger partial charge in [0.1, 0.15) is 6.04 Å². The Kier molecular flexibility index (Phi) is 6.14. The van der Waals surface area contributed by atoms with Crippen molar-refractivity contribution in [3.8, 4) is 0 Å². The van der Waals surface area contributed by atoms with Crippen molar-refractivity contribution >= 4 is 17.8 Å². The first-order valence-electron chi connectivity index (χ1n) is 5.10. The van der Waals surface area contributed by atoms with E-state index in [1.807, 2.05) is 6.92 Å². The fourth-order valence-electron chi connectivity index (χ4n) is 1.31. The minimum Gasteiger partial charge on any atom is -0.481 e. The van der Waals surface area contributed by atoms with Crippen LogP contribution in [-0.4, -0.2) is 46.0 Å². The number of aliphatic carboxylic acids is 2. The molecule has 2 N–H and O–H groups in total. The topological polar surface area (TPSA) is 94.9 Å². The van der Waals surface area contributed by atoms with Crippen molar-refractivity contribution in [2.75, 3.05) is 7.05 Å². The largest absolute Gasteiger partial charge is 0.481 e. The van der Waals surface area contributed by atoms with Crippen molar-refractivity contribution in [2.24, 2.45) is 0 Å². The van der Waals surface area contributed by atoms with Crippen LogP contribution in [0.15, 0.2) is 0 Å². The molecule has 0 aromatic rings. The lowest BCUT2D eigenvalue weighted by molar-refractivity contribution is -0.150. The van der Waals surface area contributed by atoms with Crippen molar-refractivity contribution in [2.45, 2.75) is 38.6 Å². The maximum atomic E-state index is 11.4. The van der Waals surface area contributed by atoms with Crippen LogP contribution in [0.2, 0.25) is 0 Å². The molecule has 0 fully saturated rings. The summed E-state index contributed by atoms with van der Waals surface area (Å²) in [4.78, 5) is 33.8. The highest BCUT2D eigenvalue weighted by atomic mass is 16.4. The molecule has 16 heavy (non-hydrogen) atoms. The van der Waals surface area contributed by atoms with Crippen molar-refractivity contribution in [3.63, 3.8) is 0 Å². The van der Waals surface area contributed by atoms with Gasteiger partial charge in [-0.3, -0.25) is 9.59 Å². The highest BCUT2D eigenvalue weighted by molar-refractivity contribution is 5.83. The molecular weight excluding hydrogens is 214 g/mol. The Balaban J connectivity index is 4.46. The molecule has 0 radical (unpaired) electrons. The van der Waals surface area contributed by atoms with Gasteiger partial charge in [-0.05, 0) is 12.8 Å². The van der Waals surface area contributed by atoms with Crippen LogP contribution in [-0.2, 0) is 14.4 Å². The molecule has 1 atom stereocenters. The summed E-state index contributed by atoms with van der Waals surface area (Å²) in [5.74, 6) is -2.52. The van der Waals surface area contributed by atoms with E-state index >= 15 is 0 Å². The molecule has 0 aromatic carbocycles. The van der Waals surface area contributed by atoms with Gasteiger partial charge in [-0.15, -0.1) is 0 Å². The van der Waals surface area contributed by atoms with Crippen molar-refractivity contribution in [3.05, 3.63) is 0 Å². The maximum Gasteiger partial charge on any atom is 0.326 e. The molecular formula is C10H17NO5. The van der Waals surface area contributed by atoms with E-state index in [-0.39, 0.29) is 25.2 Å². The first-order chi connectivity index (χ1) is 7.40. The lowest BCUT2D eigenvalue weighted by Crippen LogP contribution is -2.42. The van der Waals surface area contributed by atoms with Gasteiger partial charge < -0.3 is 15.1 Å². The molecule has 0 aliphatic heterocycles. The van der Waals surface area contributed by atoms with E-state index in [1.165, 1.54) is 7.05 Å². The number of likely N-dealkylation sites (N-methyl/N-ethyl adjacent to an activating group) is 1. The number of carboxylic acids is 2. The summed E-state index contributed by atoms with van der Waals surface area (Å²) in [5.41, 5.74) is 0. The van der Waals surface area contributed by atoms with Gasteiger partial charge in [0, 0.05) is 19.9 Å². The summed E-state index contributed by atoms with van der Waals surface area (Å²) in [6, 6.07) is -1.06. The van der Waals surface area contributed by atoms with E-state index < -0.39 is 18.0 Å². The fourth-order valence-corrected chi connectivity index (χ4v) is 1.31. The third-order valence-corrected chi connectivity index (χ3v) is 2.24. The average Bonchev–Trinajstić information content (AvgIpc) is 2.17. The summed E-state index contributed by atoms with van der Waals surface area (Å²) >= 11 is 0. The molecule has 0 aliphatic carbocycles. The fraction of sp³-hybridized carbons (Fsp3) is 0.700. The first-order valence-corrected chi connectivity index (χ1v) is 5.10. The molecule has 0 saturated carbocycles. The van der Waals surface area contributed by atoms with Crippen LogP contribution in [0.3, 0.4) is 0 Å². The number of carbonyl (C=O) groups is 3. The highest BCUT2D eigenvalue weighted by Gasteiger charge is 2.26. The third-order valence-electron chi connectivity index (χ3n) is 2.24. The lowest BCUT2D eigenvalue weighted by Gasteiger charge is -2.24. The minimum absolute atomic E-state index is 0.0728. The second kappa shape index (κ2) is 6.81. The molecule has 0 aliphatic rings. The predicted octanol–water partition coefficient (Wildman–Crippen LogP) is 0.563. The van der Waals surface area contributed by atoms with Gasteiger partial charge in [0.15, 0.2) is 0 Å². The maximum absolute atomic E-state index is 11.4. The predicted molar refractivity (Wildman–Crippen MR) is 56.0 cm³/mol. The van der Waals surface area contributed by atoms with E-state index in [4.69, 9.17) is 10.2 Å². The van der Waals surface area contributed by atoms with Crippen LogP contribution in [0.4, 0.5) is 0 Å². The number of hydrogen-bond acceptors (Lipinski definition) is 3. The van der Waals surface area contributed by atoms with Crippen LogP contribution in [0.1, 0.15) is 32.6 Å². The summed E-state index contributed by atoms with van der Waals surface area (Å²) in [6.45, 7) is 1.82. The second-order valence-corrected chi connectivity index (χ2v) is 3.54. The zero-order valence-corrected chi connectivity index (χ0v) is 9.47. The molecule has 0 saturated heterocycles. The highest BCUT2D eigenvalue weighted by Crippen LogP contribution is 2.08. The van der Waals surface area contributed by atoms with Crippen molar-refractivity contribution in [1.29, 1.82) is 0 Å². The molecule has 1 unspecified atom stereocenters. The normalized spacial score (nSPS) is 11.9. The van der Waals surface area contributed by atoms with Crippen molar-refractivity contribution < 1.29 is 24.6 Å². The van der Waals surface area contributed by atoms with Gasteiger partial charge in [-0.1, -0.05) is 6.92 Å². The van der Waals surface area contributed by atoms with E-state index in [2.05, 4.69) is 0 Å². The molecule has 0 aromatic heterocycles.